The number of nitrogens with one attached hydrogen (secondary N) is 1. The molecule has 0 spiro atoms. The molecule has 7 heteroatoms. The molecule has 28 heavy (non-hydrogen) atoms. The van der Waals surface area contributed by atoms with Gasteiger partial charge in [-0.3, -0.25) is 9.88 Å². The number of halogens is 1. The number of anilines is 2. The van der Waals surface area contributed by atoms with Crippen molar-refractivity contribution in [2.24, 2.45) is 0 Å². The highest BCUT2D eigenvalue weighted by molar-refractivity contribution is 5.67. The quantitative estimate of drug-likeness (QED) is 0.815. The van der Waals surface area contributed by atoms with Crippen LogP contribution in [0.5, 0.6) is 0 Å². The van der Waals surface area contributed by atoms with Gasteiger partial charge in [0.1, 0.15) is 5.82 Å². The molecule has 0 saturated carbocycles. The summed E-state index contributed by atoms with van der Waals surface area (Å²) in [5.74, 6) is -0.300. The summed E-state index contributed by atoms with van der Waals surface area (Å²) in [6, 6.07) is 9.01. The standard InChI is InChI=1S/C21H27FN4O2/c1-4-28-21(27)25(3)18-9-10-26(14-18)13-16-6-8-19(22)20(11-16)24-17-7-5-15(2)23-12-17/h5-8,11-12,18,24H,4,9-10,13-14H2,1-3H3/t18-/m1/s1. The smallest absolute Gasteiger partial charge is 0.409 e. The van der Waals surface area contributed by atoms with Crippen LogP contribution in [0.3, 0.4) is 0 Å². The molecule has 1 atom stereocenters. The molecule has 1 aromatic carbocycles. The van der Waals surface area contributed by atoms with Crippen LogP contribution in [-0.4, -0.2) is 53.7 Å². The number of likely N-dealkylation sites (N-methyl/N-ethyl adjacent to an activating group) is 1. The zero-order valence-corrected chi connectivity index (χ0v) is 16.6. The molecule has 1 N–H and O–H groups in total. The summed E-state index contributed by atoms with van der Waals surface area (Å²) in [7, 11) is 1.78. The highest BCUT2D eigenvalue weighted by Crippen LogP contribution is 2.24. The topological polar surface area (TPSA) is 57.7 Å². The van der Waals surface area contributed by atoms with Gasteiger partial charge in [-0.25, -0.2) is 9.18 Å². The first-order chi connectivity index (χ1) is 13.5. The number of nitrogens with zero attached hydrogens (tertiary/aromatic N) is 3. The van der Waals surface area contributed by atoms with E-state index in [0.717, 1.165) is 36.5 Å². The third-order valence-electron chi connectivity index (χ3n) is 4.98. The molecule has 6 nitrogen and oxygen atoms in total. The van der Waals surface area contributed by atoms with E-state index in [0.29, 0.717) is 18.8 Å². The number of benzene rings is 1. The molecule has 2 aromatic rings. The lowest BCUT2D eigenvalue weighted by Crippen LogP contribution is -2.39. The van der Waals surface area contributed by atoms with Gasteiger partial charge < -0.3 is 15.0 Å². The van der Waals surface area contributed by atoms with Crippen LogP contribution in [-0.2, 0) is 11.3 Å². The van der Waals surface area contributed by atoms with Crippen LogP contribution in [0.15, 0.2) is 36.5 Å². The third-order valence-corrected chi connectivity index (χ3v) is 4.98. The lowest BCUT2D eigenvalue weighted by molar-refractivity contribution is 0.102. The van der Waals surface area contributed by atoms with Gasteiger partial charge in [0.15, 0.2) is 0 Å². The third kappa shape index (κ3) is 4.98. The molecule has 3 rings (SSSR count). The van der Waals surface area contributed by atoms with Gasteiger partial charge >= 0.3 is 6.09 Å². The second kappa shape index (κ2) is 9.01. The van der Waals surface area contributed by atoms with Crippen LogP contribution in [0.1, 0.15) is 24.6 Å². The molecule has 150 valence electrons. The van der Waals surface area contributed by atoms with Gasteiger partial charge in [0.05, 0.1) is 24.2 Å². The van der Waals surface area contributed by atoms with Crippen LogP contribution >= 0.6 is 0 Å². The summed E-state index contributed by atoms with van der Waals surface area (Å²) in [5, 5.41) is 3.10. The number of hydrogen-bond donors (Lipinski definition) is 1. The minimum atomic E-state index is -0.300. The fraction of sp³-hybridized carbons (Fsp3) is 0.429. The number of ether oxygens (including phenoxy) is 1. The van der Waals surface area contributed by atoms with Crippen LogP contribution < -0.4 is 5.32 Å². The lowest BCUT2D eigenvalue weighted by atomic mass is 10.1. The summed E-state index contributed by atoms with van der Waals surface area (Å²) in [5.41, 5.74) is 3.11. The Balaban J connectivity index is 1.62. The molecule has 0 aliphatic carbocycles. The van der Waals surface area contributed by atoms with Gasteiger partial charge in [-0.15, -0.1) is 0 Å². The Hall–Kier alpha value is -2.67. The first-order valence-corrected chi connectivity index (χ1v) is 9.56. The maximum absolute atomic E-state index is 14.2. The van der Waals surface area contributed by atoms with Gasteiger partial charge in [-0.2, -0.15) is 0 Å². The maximum Gasteiger partial charge on any atom is 0.409 e. The van der Waals surface area contributed by atoms with Crippen molar-refractivity contribution in [2.45, 2.75) is 32.9 Å². The summed E-state index contributed by atoms with van der Waals surface area (Å²) >= 11 is 0. The summed E-state index contributed by atoms with van der Waals surface area (Å²) in [6.07, 6.45) is 2.31. The van der Waals surface area contributed by atoms with E-state index in [2.05, 4.69) is 15.2 Å². The number of likely N-dealkylation sites (tertiary alicyclic amines) is 1. The minimum Gasteiger partial charge on any atom is -0.450 e. The molecular weight excluding hydrogens is 359 g/mol. The average Bonchev–Trinajstić information content (AvgIpc) is 3.14. The van der Waals surface area contributed by atoms with E-state index in [1.165, 1.54) is 6.07 Å². The van der Waals surface area contributed by atoms with Crippen LogP contribution in [0.2, 0.25) is 0 Å². The monoisotopic (exact) mass is 386 g/mol. The maximum atomic E-state index is 14.2. The van der Waals surface area contributed by atoms with Crippen molar-refractivity contribution in [3.63, 3.8) is 0 Å². The Morgan fingerprint density at radius 1 is 1.39 bits per heavy atom. The van der Waals surface area contributed by atoms with E-state index in [1.807, 2.05) is 25.1 Å². The summed E-state index contributed by atoms with van der Waals surface area (Å²) in [6.45, 7) is 6.46. The number of aryl methyl sites for hydroxylation is 1. The van der Waals surface area contributed by atoms with E-state index in [1.54, 1.807) is 31.1 Å². The first kappa shape index (κ1) is 20.1. The highest BCUT2D eigenvalue weighted by Gasteiger charge is 2.29. The van der Waals surface area contributed by atoms with E-state index in [4.69, 9.17) is 4.74 Å². The Morgan fingerprint density at radius 2 is 2.21 bits per heavy atom. The molecule has 1 aromatic heterocycles. The summed E-state index contributed by atoms with van der Waals surface area (Å²) in [4.78, 5) is 20.1. The van der Waals surface area contributed by atoms with Crippen molar-refractivity contribution in [3.8, 4) is 0 Å². The van der Waals surface area contributed by atoms with Crippen LogP contribution in [0.25, 0.3) is 0 Å². The minimum absolute atomic E-state index is 0.135. The Bertz CT molecular complexity index is 813. The van der Waals surface area contributed by atoms with Crippen molar-refractivity contribution >= 4 is 17.5 Å². The number of carbonyl (C=O) groups excluding carboxylic acids is 1. The number of pyridine rings is 1. The SMILES string of the molecule is CCOC(=O)N(C)[C@@H]1CCN(Cc2ccc(F)c(Nc3ccc(C)nc3)c2)C1. The largest absolute Gasteiger partial charge is 0.450 e. The fourth-order valence-corrected chi connectivity index (χ4v) is 3.37. The Labute approximate surface area is 165 Å². The molecule has 1 amide bonds. The Morgan fingerprint density at radius 3 is 2.93 bits per heavy atom. The number of amides is 1. The number of aromatic nitrogens is 1. The van der Waals surface area contributed by atoms with E-state index >= 15 is 0 Å². The normalized spacial score (nSPS) is 16.8. The first-order valence-electron chi connectivity index (χ1n) is 9.56. The molecule has 1 fully saturated rings. The van der Waals surface area contributed by atoms with Crippen molar-refractivity contribution in [3.05, 3.63) is 53.6 Å². The molecule has 1 aliphatic rings. The van der Waals surface area contributed by atoms with Crippen molar-refractivity contribution in [1.82, 2.24) is 14.8 Å². The molecule has 1 aliphatic heterocycles. The number of hydrogen-bond acceptors (Lipinski definition) is 5. The van der Waals surface area contributed by atoms with Crippen molar-refractivity contribution in [2.75, 3.05) is 32.1 Å². The number of carbonyl (C=O) groups is 1. The van der Waals surface area contributed by atoms with Gasteiger partial charge in [-0.1, -0.05) is 6.07 Å². The van der Waals surface area contributed by atoms with Crippen molar-refractivity contribution in [1.29, 1.82) is 0 Å². The van der Waals surface area contributed by atoms with Crippen LogP contribution in [0.4, 0.5) is 20.6 Å². The van der Waals surface area contributed by atoms with E-state index in [-0.39, 0.29) is 18.0 Å². The van der Waals surface area contributed by atoms with Crippen LogP contribution in [0, 0.1) is 12.7 Å². The second-order valence-corrected chi connectivity index (χ2v) is 7.11. The van der Waals surface area contributed by atoms with Crippen molar-refractivity contribution < 1.29 is 13.9 Å². The van der Waals surface area contributed by atoms with E-state index < -0.39 is 0 Å². The molecule has 0 radical (unpaired) electrons. The van der Waals surface area contributed by atoms with Gasteiger partial charge in [-0.05, 0) is 50.1 Å². The predicted octanol–water partition coefficient (Wildman–Crippen LogP) is 3.94. The highest BCUT2D eigenvalue weighted by atomic mass is 19.1. The molecule has 0 bridgehead atoms. The van der Waals surface area contributed by atoms with Gasteiger partial charge in [0.25, 0.3) is 0 Å². The molecule has 2 heterocycles. The lowest BCUT2D eigenvalue weighted by Gasteiger charge is -2.24. The molecule has 0 unspecified atom stereocenters. The summed E-state index contributed by atoms with van der Waals surface area (Å²) < 4.78 is 19.3. The predicted molar refractivity (Wildman–Crippen MR) is 107 cm³/mol. The fourth-order valence-electron chi connectivity index (χ4n) is 3.37. The zero-order chi connectivity index (χ0) is 20.1. The van der Waals surface area contributed by atoms with Gasteiger partial charge in [0, 0.05) is 38.4 Å². The van der Waals surface area contributed by atoms with E-state index in [9.17, 15) is 9.18 Å². The molecular formula is C21H27FN4O2. The second-order valence-electron chi connectivity index (χ2n) is 7.11. The number of rotatable bonds is 6. The molecule has 1 saturated heterocycles. The van der Waals surface area contributed by atoms with Gasteiger partial charge in [0.2, 0.25) is 0 Å². The zero-order valence-electron chi connectivity index (χ0n) is 16.6. The Kier molecular flexibility index (Phi) is 6.46. The average molecular weight is 386 g/mol.